The van der Waals surface area contributed by atoms with Gasteiger partial charge in [-0.05, 0) is 54.7 Å². The second-order valence-corrected chi connectivity index (χ2v) is 7.30. The predicted octanol–water partition coefficient (Wildman–Crippen LogP) is 2.49. The predicted molar refractivity (Wildman–Crippen MR) is 82.9 cm³/mol. The molecule has 0 saturated heterocycles. The molecule has 1 aromatic heterocycles. The lowest BCUT2D eigenvalue weighted by atomic mass is 10.3. The van der Waals surface area contributed by atoms with Gasteiger partial charge in [0.2, 0.25) is 15.9 Å². The minimum atomic E-state index is -3.68. The summed E-state index contributed by atoms with van der Waals surface area (Å²) in [4.78, 5) is 4.14. The number of sulfonamides is 1. The van der Waals surface area contributed by atoms with Crippen LogP contribution in [0, 0.1) is 11.7 Å². The fourth-order valence-electron chi connectivity index (χ4n) is 2.00. The lowest BCUT2D eigenvalue weighted by molar-refractivity contribution is 0.288. The van der Waals surface area contributed by atoms with Crippen molar-refractivity contribution in [3.63, 3.8) is 0 Å². The van der Waals surface area contributed by atoms with E-state index in [0.29, 0.717) is 18.4 Å². The largest absolute Gasteiger partial charge is 0.477 e. The normalized spacial score (nSPS) is 14.7. The van der Waals surface area contributed by atoms with Crippen molar-refractivity contribution in [2.75, 3.05) is 6.61 Å². The van der Waals surface area contributed by atoms with Gasteiger partial charge in [-0.3, -0.25) is 0 Å². The van der Waals surface area contributed by atoms with E-state index in [1.807, 2.05) is 0 Å². The Morgan fingerprint density at radius 3 is 2.65 bits per heavy atom. The number of pyridine rings is 1. The van der Waals surface area contributed by atoms with Crippen LogP contribution in [0.3, 0.4) is 0 Å². The standard InChI is InChI=1S/C16H17FN2O3S/c17-14-3-5-15(6-4-14)23(20,21)19-10-13-7-8-18-16(9-13)22-11-12-1-2-12/h3-9,12,19H,1-2,10-11H2. The van der Waals surface area contributed by atoms with Crippen molar-refractivity contribution in [2.24, 2.45) is 5.92 Å². The van der Waals surface area contributed by atoms with Crippen LogP contribution in [0.5, 0.6) is 5.88 Å². The molecule has 1 saturated carbocycles. The molecule has 1 aromatic carbocycles. The first kappa shape index (κ1) is 15.9. The van der Waals surface area contributed by atoms with Crippen LogP contribution in [0.15, 0.2) is 47.5 Å². The maximum Gasteiger partial charge on any atom is 0.240 e. The molecule has 0 spiro atoms. The van der Waals surface area contributed by atoms with Crippen molar-refractivity contribution in [1.82, 2.24) is 9.71 Å². The zero-order valence-electron chi connectivity index (χ0n) is 12.4. The maximum atomic E-state index is 12.9. The Labute approximate surface area is 134 Å². The molecule has 5 nitrogen and oxygen atoms in total. The van der Waals surface area contributed by atoms with Crippen LogP contribution >= 0.6 is 0 Å². The van der Waals surface area contributed by atoms with Gasteiger partial charge in [-0.2, -0.15) is 0 Å². The van der Waals surface area contributed by atoms with Crippen molar-refractivity contribution in [2.45, 2.75) is 24.3 Å². The van der Waals surface area contributed by atoms with E-state index < -0.39 is 15.8 Å². The van der Waals surface area contributed by atoms with Gasteiger partial charge >= 0.3 is 0 Å². The molecule has 0 aliphatic heterocycles. The van der Waals surface area contributed by atoms with Gasteiger partial charge in [0.1, 0.15) is 5.82 Å². The highest BCUT2D eigenvalue weighted by molar-refractivity contribution is 7.89. The van der Waals surface area contributed by atoms with Crippen molar-refractivity contribution >= 4 is 10.0 Å². The Kier molecular flexibility index (Phi) is 4.58. The number of nitrogens with zero attached hydrogens (tertiary/aromatic N) is 1. The zero-order valence-corrected chi connectivity index (χ0v) is 13.2. The summed E-state index contributed by atoms with van der Waals surface area (Å²) in [7, 11) is -3.68. The molecule has 0 radical (unpaired) electrons. The van der Waals surface area contributed by atoms with E-state index in [2.05, 4.69) is 9.71 Å². The van der Waals surface area contributed by atoms with Crippen LogP contribution in [0.25, 0.3) is 0 Å². The molecule has 2 aromatic rings. The first-order valence-electron chi connectivity index (χ1n) is 7.36. The van der Waals surface area contributed by atoms with E-state index in [1.165, 1.54) is 25.0 Å². The first-order valence-corrected chi connectivity index (χ1v) is 8.84. The Balaban J connectivity index is 1.62. The van der Waals surface area contributed by atoms with Crippen molar-refractivity contribution < 1.29 is 17.5 Å². The molecule has 0 unspecified atom stereocenters. The molecule has 122 valence electrons. The number of benzene rings is 1. The third-order valence-corrected chi connectivity index (χ3v) is 4.97. The molecular formula is C16H17FN2O3S. The lowest BCUT2D eigenvalue weighted by Crippen LogP contribution is -2.23. The molecule has 1 N–H and O–H groups in total. The topological polar surface area (TPSA) is 68.3 Å². The summed E-state index contributed by atoms with van der Waals surface area (Å²) in [5.74, 6) is 0.642. The van der Waals surface area contributed by atoms with Gasteiger partial charge in [-0.25, -0.2) is 22.5 Å². The van der Waals surface area contributed by atoms with Crippen LogP contribution < -0.4 is 9.46 Å². The quantitative estimate of drug-likeness (QED) is 0.843. The van der Waals surface area contributed by atoms with E-state index >= 15 is 0 Å². The van der Waals surface area contributed by atoms with E-state index in [9.17, 15) is 12.8 Å². The summed E-state index contributed by atoms with van der Waals surface area (Å²) in [5.41, 5.74) is 0.747. The summed E-state index contributed by atoms with van der Waals surface area (Å²) < 4.78 is 45.2. The summed E-state index contributed by atoms with van der Waals surface area (Å²) in [5, 5.41) is 0. The summed E-state index contributed by atoms with van der Waals surface area (Å²) in [6.45, 7) is 0.764. The average Bonchev–Trinajstić information content (AvgIpc) is 3.36. The number of rotatable bonds is 7. The Hall–Kier alpha value is -1.99. The van der Waals surface area contributed by atoms with Gasteiger partial charge < -0.3 is 4.74 Å². The first-order chi connectivity index (χ1) is 11.0. The van der Waals surface area contributed by atoms with Crippen LogP contribution in [0.4, 0.5) is 4.39 Å². The summed E-state index contributed by atoms with van der Waals surface area (Å²) in [6, 6.07) is 8.13. The highest BCUT2D eigenvalue weighted by Gasteiger charge is 2.22. The third kappa shape index (κ3) is 4.49. The molecule has 3 rings (SSSR count). The second kappa shape index (κ2) is 6.64. The number of hydrogen-bond donors (Lipinski definition) is 1. The number of halogens is 1. The highest BCUT2D eigenvalue weighted by atomic mass is 32.2. The molecular weight excluding hydrogens is 319 g/mol. The van der Waals surface area contributed by atoms with Gasteiger partial charge in [-0.15, -0.1) is 0 Å². The molecule has 1 heterocycles. The molecule has 7 heteroatoms. The second-order valence-electron chi connectivity index (χ2n) is 5.54. The number of hydrogen-bond acceptors (Lipinski definition) is 4. The SMILES string of the molecule is O=S(=O)(NCc1ccnc(OCC2CC2)c1)c1ccc(F)cc1. The van der Waals surface area contributed by atoms with Crippen LogP contribution in [-0.2, 0) is 16.6 Å². The molecule has 1 aliphatic rings. The Bertz CT molecular complexity index is 774. The number of nitrogens with one attached hydrogen (secondary N) is 1. The average molecular weight is 336 g/mol. The molecule has 0 bridgehead atoms. The maximum absolute atomic E-state index is 12.9. The lowest BCUT2D eigenvalue weighted by Gasteiger charge is -2.08. The van der Waals surface area contributed by atoms with Crippen LogP contribution in [0.1, 0.15) is 18.4 Å². The minimum Gasteiger partial charge on any atom is -0.477 e. The van der Waals surface area contributed by atoms with E-state index in [0.717, 1.165) is 17.7 Å². The summed E-state index contributed by atoms with van der Waals surface area (Å²) >= 11 is 0. The third-order valence-electron chi connectivity index (χ3n) is 3.55. The fraction of sp³-hybridized carbons (Fsp3) is 0.312. The molecule has 1 aliphatic carbocycles. The zero-order chi connectivity index (χ0) is 16.3. The number of aromatic nitrogens is 1. The van der Waals surface area contributed by atoms with E-state index in [1.54, 1.807) is 18.3 Å². The van der Waals surface area contributed by atoms with Gasteiger partial charge in [0.15, 0.2) is 0 Å². The Morgan fingerprint density at radius 2 is 1.96 bits per heavy atom. The smallest absolute Gasteiger partial charge is 0.240 e. The van der Waals surface area contributed by atoms with E-state index in [4.69, 9.17) is 4.74 Å². The minimum absolute atomic E-state index is 0.0261. The van der Waals surface area contributed by atoms with Gasteiger partial charge in [0.05, 0.1) is 11.5 Å². The van der Waals surface area contributed by atoms with Gasteiger partial charge in [-0.1, -0.05) is 0 Å². The van der Waals surface area contributed by atoms with Crippen molar-refractivity contribution in [3.8, 4) is 5.88 Å². The molecule has 0 atom stereocenters. The summed E-state index contributed by atoms with van der Waals surface area (Å²) in [6.07, 6.45) is 3.97. The molecule has 0 amide bonds. The Morgan fingerprint density at radius 1 is 1.22 bits per heavy atom. The van der Waals surface area contributed by atoms with Crippen molar-refractivity contribution in [3.05, 3.63) is 54.0 Å². The van der Waals surface area contributed by atoms with Crippen molar-refractivity contribution in [1.29, 1.82) is 0 Å². The highest BCUT2D eigenvalue weighted by Crippen LogP contribution is 2.29. The molecule has 1 fully saturated rings. The van der Waals surface area contributed by atoms with Crippen LogP contribution in [0.2, 0.25) is 0 Å². The number of ether oxygens (including phenoxy) is 1. The monoisotopic (exact) mass is 336 g/mol. The fourth-order valence-corrected chi connectivity index (χ4v) is 3.02. The van der Waals surface area contributed by atoms with Gasteiger partial charge in [0.25, 0.3) is 0 Å². The van der Waals surface area contributed by atoms with Crippen LogP contribution in [-0.4, -0.2) is 20.0 Å². The van der Waals surface area contributed by atoms with Gasteiger partial charge in [0, 0.05) is 18.8 Å². The van der Waals surface area contributed by atoms with E-state index in [-0.39, 0.29) is 11.4 Å². The molecule has 23 heavy (non-hydrogen) atoms.